The van der Waals surface area contributed by atoms with Crippen molar-refractivity contribution in [3.8, 4) is 0 Å². The van der Waals surface area contributed by atoms with E-state index >= 15 is 0 Å². The summed E-state index contributed by atoms with van der Waals surface area (Å²) in [5.41, 5.74) is 0.758. The smallest absolute Gasteiger partial charge is 0.228 e. The third-order valence-electron chi connectivity index (χ3n) is 2.58. The summed E-state index contributed by atoms with van der Waals surface area (Å²) in [5, 5.41) is 8.63. The highest BCUT2D eigenvalue weighted by molar-refractivity contribution is 9.10. The molecule has 9 heteroatoms. The van der Waals surface area contributed by atoms with Crippen LogP contribution in [0.3, 0.4) is 0 Å². The number of nitrogens with one attached hydrogen (secondary N) is 3. The monoisotopic (exact) mass is 459 g/mol. The molecule has 0 aliphatic heterocycles. The minimum Gasteiger partial charge on any atom is -0.339 e. The molecule has 1 unspecified atom stereocenters. The highest BCUT2D eigenvalue weighted by Crippen LogP contribution is 2.29. The zero-order valence-electron chi connectivity index (χ0n) is 12.5. The van der Waals surface area contributed by atoms with E-state index in [9.17, 15) is 4.79 Å². The van der Waals surface area contributed by atoms with Crippen molar-refractivity contribution in [2.24, 2.45) is 5.92 Å². The average Bonchev–Trinajstić information content (AvgIpc) is 2.35. The molecule has 128 valence electrons. The van der Waals surface area contributed by atoms with Gasteiger partial charge in [0.2, 0.25) is 9.70 Å². The van der Waals surface area contributed by atoms with E-state index < -0.39 is 9.96 Å². The SMILES string of the molecule is CC(C)CC(=O)NC(NC(=S)Nc1cccc(Br)c1)C(Cl)(Cl)Cl. The number of halogens is 4. The first kappa shape index (κ1) is 20.8. The summed E-state index contributed by atoms with van der Waals surface area (Å²) in [6.07, 6.45) is -0.629. The number of hydrogen-bond donors (Lipinski definition) is 3. The van der Waals surface area contributed by atoms with Gasteiger partial charge in [0.1, 0.15) is 6.17 Å². The van der Waals surface area contributed by atoms with E-state index in [1.165, 1.54) is 0 Å². The second-order valence-corrected chi connectivity index (χ2v) is 8.94. The first-order valence-electron chi connectivity index (χ1n) is 6.77. The van der Waals surface area contributed by atoms with Crippen molar-refractivity contribution < 1.29 is 4.79 Å². The van der Waals surface area contributed by atoms with E-state index in [4.69, 9.17) is 47.0 Å². The van der Waals surface area contributed by atoms with Crippen molar-refractivity contribution >= 4 is 79.7 Å². The Kier molecular flexibility index (Phi) is 8.38. The number of carbonyl (C=O) groups excluding carboxylic acids is 1. The Hall–Kier alpha value is -0.270. The topological polar surface area (TPSA) is 53.2 Å². The molecule has 0 radical (unpaired) electrons. The predicted molar refractivity (Wildman–Crippen MR) is 105 cm³/mol. The number of hydrogen-bond acceptors (Lipinski definition) is 2. The summed E-state index contributed by atoms with van der Waals surface area (Å²) >= 11 is 26.3. The molecule has 1 atom stereocenters. The lowest BCUT2D eigenvalue weighted by Crippen LogP contribution is -2.56. The normalized spacial score (nSPS) is 12.7. The molecular formula is C14H17BrCl3N3OS. The molecule has 0 bridgehead atoms. The Labute approximate surface area is 164 Å². The molecular weight excluding hydrogens is 445 g/mol. The second kappa shape index (κ2) is 9.28. The average molecular weight is 462 g/mol. The molecule has 23 heavy (non-hydrogen) atoms. The van der Waals surface area contributed by atoms with Crippen molar-refractivity contribution in [1.29, 1.82) is 0 Å². The van der Waals surface area contributed by atoms with Crippen molar-refractivity contribution in [1.82, 2.24) is 10.6 Å². The first-order valence-corrected chi connectivity index (χ1v) is 9.10. The third-order valence-corrected chi connectivity index (χ3v) is 3.95. The van der Waals surface area contributed by atoms with Gasteiger partial charge in [-0.1, -0.05) is 70.6 Å². The summed E-state index contributed by atoms with van der Waals surface area (Å²) in [6.45, 7) is 3.85. The largest absolute Gasteiger partial charge is 0.339 e. The molecule has 0 saturated carbocycles. The fourth-order valence-electron chi connectivity index (χ4n) is 1.65. The Bertz CT molecular complexity index is 566. The number of amides is 1. The minimum atomic E-state index is -1.75. The molecule has 3 N–H and O–H groups in total. The quantitative estimate of drug-likeness (QED) is 0.341. The zero-order valence-corrected chi connectivity index (χ0v) is 17.2. The lowest BCUT2D eigenvalue weighted by molar-refractivity contribution is -0.122. The van der Waals surface area contributed by atoms with Crippen LogP contribution in [0.15, 0.2) is 28.7 Å². The van der Waals surface area contributed by atoms with E-state index in [-0.39, 0.29) is 16.9 Å². The maximum absolute atomic E-state index is 11.9. The van der Waals surface area contributed by atoms with Crippen LogP contribution in [0.25, 0.3) is 0 Å². The standard InChI is InChI=1S/C14H17BrCl3N3OS/c1-8(2)6-11(22)20-12(14(16,17)18)21-13(23)19-10-5-3-4-9(15)7-10/h3-5,7-8,12H,6H2,1-2H3,(H,20,22)(H2,19,21,23). The van der Waals surface area contributed by atoms with Gasteiger partial charge in [0.25, 0.3) is 0 Å². The molecule has 1 amide bonds. The highest BCUT2D eigenvalue weighted by atomic mass is 79.9. The molecule has 0 aromatic heterocycles. The number of thiocarbonyl (C=S) groups is 1. The van der Waals surface area contributed by atoms with Gasteiger partial charge in [0.15, 0.2) is 5.11 Å². The number of benzene rings is 1. The van der Waals surface area contributed by atoms with Crippen LogP contribution in [0.1, 0.15) is 20.3 Å². The third kappa shape index (κ3) is 8.40. The Morgan fingerprint density at radius 1 is 1.30 bits per heavy atom. The summed E-state index contributed by atoms with van der Waals surface area (Å²) in [4.78, 5) is 11.9. The van der Waals surface area contributed by atoms with Gasteiger partial charge in [0.05, 0.1) is 0 Å². The van der Waals surface area contributed by atoms with Crippen LogP contribution < -0.4 is 16.0 Å². The van der Waals surface area contributed by atoms with Gasteiger partial charge in [-0.15, -0.1) is 0 Å². The number of anilines is 1. The van der Waals surface area contributed by atoms with E-state index in [0.29, 0.717) is 6.42 Å². The fourth-order valence-corrected chi connectivity index (χ4v) is 2.62. The van der Waals surface area contributed by atoms with Crippen molar-refractivity contribution in [2.75, 3.05) is 5.32 Å². The highest BCUT2D eigenvalue weighted by Gasteiger charge is 2.34. The minimum absolute atomic E-state index is 0.192. The van der Waals surface area contributed by atoms with E-state index in [0.717, 1.165) is 10.2 Å². The molecule has 0 heterocycles. The predicted octanol–water partition coefficient (Wildman–Crippen LogP) is 4.59. The van der Waals surface area contributed by atoms with Crippen molar-refractivity contribution in [3.63, 3.8) is 0 Å². The molecule has 1 aromatic rings. The van der Waals surface area contributed by atoms with Gasteiger partial charge in [0, 0.05) is 16.6 Å². The molecule has 1 rings (SSSR count). The second-order valence-electron chi connectivity index (χ2n) is 5.25. The van der Waals surface area contributed by atoms with E-state index in [1.54, 1.807) is 0 Å². The lowest BCUT2D eigenvalue weighted by Gasteiger charge is -2.28. The Balaban J connectivity index is 2.69. The van der Waals surface area contributed by atoms with Gasteiger partial charge < -0.3 is 16.0 Å². The van der Waals surface area contributed by atoms with Crippen LogP contribution in [0.5, 0.6) is 0 Å². The van der Waals surface area contributed by atoms with Gasteiger partial charge in [-0.3, -0.25) is 4.79 Å². The molecule has 0 spiro atoms. The van der Waals surface area contributed by atoms with Crippen LogP contribution in [-0.4, -0.2) is 21.0 Å². The lowest BCUT2D eigenvalue weighted by atomic mass is 10.1. The van der Waals surface area contributed by atoms with Crippen molar-refractivity contribution in [2.45, 2.75) is 30.2 Å². The van der Waals surface area contributed by atoms with E-state index in [2.05, 4.69) is 31.9 Å². The Morgan fingerprint density at radius 3 is 2.48 bits per heavy atom. The number of rotatable bonds is 5. The summed E-state index contributed by atoms with van der Waals surface area (Å²) in [6, 6.07) is 7.42. The molecule has 1 aromatic carbocycles. The van der Waals surface area contributed by atoms with Gasteiger partial charge in [-0.25, -0.2) is 0 Å². The van der Waals surface area contributed by atoms with Crippen LogP contribution >= 0.6 is 63.0 Å². The first-order chi connectivity index (χ1) is 10.6. The molecule has 4 nitrogen and oxygen atoms in total. The van der Waals surface area contributed by atoms with Gasteiger partial charge in [-0.05, 0) is 36.3 Å². The van der Waals surface area contributed by atoms with Crippen LogP contribution in [0.2, 0.25) is 0 Å². The summed E-state index contributed by atoms with van der Waals surface area (Å²) in [5.74, 6) is -0.0353. The zero-order chi connectivity index (χ0) is 17.6. The maximum Gasteiger partial charge on any atom is 0.228 e. The summed E-state index contributed by atoms with van der Waals surface area (Å²) < 4.78 is -0.858. The summed E-state index contributed by atoms with van der Waals surface area (Å²) in [7, 11) is 0. The molecule has 0 aliphatic carbocycles. The molecule has 0 aliphatic rings. The van der Waals surface area contributed by atoms with Gasteiger partial charge >= 0.3 is 0 Å². The molecule has 0 saturated heterocycles. The van der Waals surface area contributed by atoms with E-state index in [1.807, 2.05) is 38.1 Å². The maximum atomic E-state index is 11.9. The number of carbonyl (C=O) groups is 1. The number of alkyl halides is 3. The molecule has 0 fully saturated rings. The Morgan fingerprint density at radius 2 is 1.96 bits per heavy atom. The van der Waals surface area contributed by atoms with Gasteiger partial charge in [-0.2, -0.15) is 0 Å². The van der Waals surface area contributed by atoms with Crippen LogP contribution in [-0.2, 0) is 4.79 Å². The van der Waals surface area contributed by atoms with Crippen LogP contribution in [0, 0.1) is 5.92 Å². The van der Waals surface area contributed by atoms with Crippen LogP contribution in [0.4, 0.5) is 5.69 Å². The fraction of sp³-hybridized carbons (Fsp3) is 0.429. The van der Waals surface area contributed by atoms with Crippen molar-refractivity contribution in [3.05, 3.63) is 28.7 Å².